The number of carbonyl (C=O) groups excluding carboxylic acids is 2. The molecule has 10 heteroatoms. The van der Waals surface area contributed by atoms with Gasteiger partial charge in [-0.05, 0) is 43.5 Å². The van der Waals surface area contributed by atoms with Crippen molar-refractivity contribution in [2.24, 2.45) is 11.1 Å². The van der Waals surface area contributed by atoms with Gasteiger partial charge < -0.3 is 15.1 Å². The molecule has 1 aromatic heterocycles. The second-order valence-electron chi connectivity index (χ2n) is 8.35. The Balaban J connectivity index is 1.38. The molecular formula is C23H25ClFN5O3. The van der Waals surface area contributed by atoms with Crippen molar-refractivity contribution in [2.75, 3.05) is 13.1 Å². The molecule has 2 aromatic rings. The summed E-state index contributed by atoms with van der Waals surface area (Å²) < 4.78 is 13.3. The van der Waals surface area contributed by atoms with Gasteiger partial charge in [0.05, 0.1) is 10.7 Å². The molecule has 0 aliphatic carbocycles. The number of hydrogen-bond donors (Lipinski definition) is 1. The number of aromatic nitrogens is 2. The van der Waals surface area contributed by atoms with Crippen LogP contribution in [0, 0.1) is 18.7 Å². The number of rotatable bonds is 5. The third-order valence-electron chi connectivity index (χ3n) is 6.01. The van der Waals surface area contributed by atoms with Crippen LogP contribution in [0.1, 0.15) is 53.8 Å². The molecule has 1 fully saturated rings. The fraction of sp³-hybridized carbons (Fsp3) is 0.435. The van der Waals surface area contributed by atoms with Gasteiger partial charge in [0, 0.05) is 38.9 Å². The molecule has 8 nitrogen and oxygen atoms in total. The fourth-order valence-electron chi connectivity index (χ4n) is 4.14. The molecule has 2 aliphatic rings. The van der Waals surface area contributed by atoms with Crippen molar-refractivity contribution in [1.82, 2.24) is 20.2 Å². The summed E-state index contributed by atoms with van der Waals surface area (Å²) in [7, 11) is 0. The summed E-state index contributed by atoms with van der Waals surface area (Å²) in [5, 5.41) is 7.00. The number of halogens is 2. The zero-order chi connectivity index (χ0) is 23.5. The molecule has 2 aliphatic heterocycles. The predicted molar refractivity (Wildman–Crippen MR) is 120 cm³/mol. The van der Waals surface area contributed by atoms with Crippen molar-refractivity contribution in [2.45, 2.75) is 45.8 Å². The van der Waals surface area contributed by atoms with E-state index in [0.717, 1.165) is 25.9 Å². The highest BCUT2D eigenvalue weighted by molar-refractivity contribution is 6.30. The lowest BCUT2D eigenvalue weighted by Crippen LogP contribution is -2.40. The number of benzene rings is 1. The van der Waals surface area contributed by atoms with Gasteiger partial charge in [-0.25, -0.2) is 14.4 Å². The van der Waals surface area contributed by atoms with Crippen molar-refractivity contribution >= 4 is 29.1 Å². The number of nitrogens with one attached hydrogen (secondary N) is 1. The number of likely N-dealkylation sites (tertiary alicyclic amines) is 1. The minimum Gasteiger partial charge on any atom is -0.391 e. The summed E-state index contributed by atoms with van der Waals surface area (Å²) in [6, 6.07) is 5.89. The smallest absolute Gasteiger partial charge is 0.270 e. The Morgan fingerprint density at radius 3 is 2.70 bits per heavy atom. The van der Waals surface area contributed by atoms with E-state index in [0.29, 0.717) is 35.1 Å². The van der Waals surface area contributed by atoms with Crippen molar-refractivity contribution in [3.8, 4) is 0 Å². The van der Waals surface area contributed by atoms with Crippen LogP contribution in [0.25, 0.3) is 0 Å². The molecule has 2 amide bonds. The zero-order valence-corrected chi connectivity index (χ0v) is 19.2. The largest absolute Gasteiger partial charge is 0.391 e. The van der Waals surface area contributed by atoms with Gasteiger partial charge in [0.25, 0.3) is 5.91 Å². The summed E-state index contributed by atoms with van der Waals surface area (Å²) in [6.45, 7) is 4.94. The van der Waals surface area contributed by atoms with Crippen molar-refractivity contribution < 1.29 is 18.8 Å². The highest BCUT2D eigenvalue weighted by Gasteiger charge is 2.34. The van der Waals surface area contributed by atoms with Crippen LogP contribution in [0.4, 0.5) is 4.39 Å². The minimum absolute atomic E-state index is 0.00248. The number of piperidine rings is 1. The van der Waals surface area contributed by atoms with E-state index in [1.54, 1.807) is 26.0 Å². The first-order valence-corrected chi connectivity index (χ1v) is 11.2. The van der Waals surface area contributed by atoms with Crippen LogP contribution in [0.3, 0.4) is 0 Å². The Morgan fingerprint density at radius 2 is 2.00 bits per heavy atom. The van der Waals surface area contributed by atoms with Crippen LogP contribution < -0.4 is 5.32 Å². The van der Waals surface area contributed by atoms with E-state index in [9.17, 15) is 14.0 Å². The minimum atomic E-state index is -0.509. The Kier molecular flexibility index (Phi) is 6.88. The SMILES string of the molecule is CC(=O)N1CCC(C2CC(c3cc(C(=O)NCc4ccc(F)c(Cl)c4)nc(C)n3)=NO2)CC1. The first-order chi connectivity index (χ1) is 15.8. The van der Waals surface area contributed by atoms with Crippen LogP contribution in [0.2, 0.25) is 5.02 Å². The number of oxime groups is 1. The van der Waals surface area contributed by atoms with E-state index in [1.807, 2.05) is 4.90 Å². The number of nitrogens with zero attached hydrogens (tertiary/aromatic N) is 4. The second kappa shape index (κ2) is 9.82. The number of amides is 2. The number of hydrogen-bond acceptors (Lipinski definition) is 6. The Hall–Kier alpha value is -3.07. The van der Waals surface area contributed by atoms with Crippen LogP contribution in [0.5, 0.6) is 0 Å². The van der Waals surface area contributed by atoms with Gasteiger partial charge in [-0.15, -0.1) is 0 Å². The molecule has 0 spiro atoms. The molecule has 174 valence electrons. The van der Waals surface area contributed by atoms with E-state index >= 15 is 0 Å². The zero-order valence-electron chi connectivity index (χ0n) is 18.5. The van der Waals surface area contributed by atoms with E-state index < -0.39 is 5.82 Å². The van der Waals surface area contributed by atoms with Crippen LogP contribution in [-0.2, 0) is 16.2 Å². The maximum Gasteiger partial charge on any atom is 0.270 e. The Morgan fingerprint density at radius 1 is 1.24 bits per heavy atom. The quantitative estimate of drug-likeness (QED) is 0.719. The molecule has 3 heterocycles. The first kappa shape index (κ1) is 23.1. The molecule has 0 radical (unpaired) electrons. The Bertz CT molecular complexity index is 1100. The summed E-state index contributed by atoms with van der Waals surface area (Å²) >= 11 is 5.80. The van der Waals surface area contributed by atoms with Gasteiger partial charge in [-0.1, -0.05) is 22.8 Å². The molecule has 33 heavy (non-hydrogen) atoms. The van der Waals surface area contributed by atoms with Crippen LogP contribution in [-0.4, -0.2) is 51.6 Å². The molecule has 0 saturated carbocycles. The van der Waals surface area contributed by atoms with E-state index in [4.69, 9.17) is 16.4 Å². The third-order valence-corrected chi connectivity index (χ3v) is 6.30. The predicted octanol–water partition coefficient (Wildman–Crippen LogP) is 3.26. The Labute approximate surface area is 196 Å². The average molecular weight is 474 g/mol. The monoisotopic (exact) mass is 473 g/mol. The van der Waals surface area contributed by atoms with E-state index in [1.165, 1.54) is 12.1 Å². The molecule has 1 aromatic carbocycles. The van der Waals surface area contributed by atoms with E-state index in [2.05, 4.69) is 20.4 Å². The topological polar surface area (TPSA) is 96.8 Å². The molecule has 1 saturated heterocycles. The normalized spacial score (nSPS) is 18.6. The van der Waals surface area contributed by atoms with Crippen molar-refractivity contribution in [3.05, 3.63) is 57.9 Å². The fourth-order valence-corrected chi connectivity index (χ4v) is 4.34. The second-order valence-corrected chi connectivity index (χ2v) is 8.75. The maximum atomic E-state index is 13.3. The lowest BCUT2D eigenvalue weighted by molar-refractivity contribution is -0.130. The van der Waals surface area contributed by atoms with Crippen LogP contribution in [0.15, 0.2) is 29.4 Å². The van der Waals surface area contributed by atoms with Crippen molar-refractivity contribution in [3.63, 3.8) is 0 Å². The highest BCUT2D eigenvalue weighted by atomic mass is 35.5. The lowest BCUT2D eigenvalue weighted by atomic mass is 9.88. The summed E-state index contributed by atoms with van der Waals surface area (Å²) in [5.41, 5.74) is 2.12. The third kappa shape index (κ3) is 5.47. The molecule has 0 bridgehead atoms. The summed E-state index contributed by atoms with van der Waals surface area (Å²) in [4.78, 5) is 40.5. The van der Waals surface area contributed by atoms with Gasteiger partial charge in [-0.3, -0.25) is 9.59 Å². The van der Waals surface area contributed by atoms with Gasteiger partial charge in [0.15, 0.2) is 0 Å². The molecular weight excluding hydrogens is 449 g/mol. The average Bonchev–Trinajstić information content (AvgIpc) is 3.30. The molecule has 4 rings (SSSR count). The molecule has 1 unspecified atom stereocenters. The lowest BCUT2D eigenvalue weighted by Gasteiger charge is -2.33. The number of carbonyl (C=O) groups is 2. The summed E-state index contributed by atoms with van der Waals surface area (Å²) in [5.74, 6) is -0.0269. The number of aryl methyl sites for hydroxylation is 1. The first-order valence-electron chi connectivity index (χ1n) is 10.9. The van der Waals surface area contributed by atoms with Gasteiger partial charge >= 0.3 is 0 Å². The van der Waals surface area contributed by atoms with Gasteiger partial charge in [0.2, 0.25) is 5.91 Å². The highest BCUT2D eigenvalue weighted by Crippen LogP contribution is 2.29. The summed E-state index contributed by atoms with van der Waals surface area (Å²) in [6.07, 6.45) is 2.27. The molecule has 1 N–H and O–H groups in total. The standard InChI is InChI=1S/C23H25ClFN5O3/c1-13-27-19(20-11-22(33-29-20)16-5-7-30(8-6-16)14(2)31)10-21(28-13)23(32)26-12-15-3-4-18(25)17(24)9-15/h3-4,9-10,16,22H,5-8,11-12H2,1-2H3,(H,26,32). The van der Waals surface area contributed by atoms with Gasteiger partial charge in [-0.2, -0.15) is 0 Å². The van der Waals surface area contributed by atoms with Crippen LogP contribution >= 0.6 is 11.6 Å². The van der Waals surface area contributed by atoms with Crippen molar-refractivity contribution in [1.29, 1.82) is 0 Å². The maximum absolute atomic E-state index is 13.3. The molecule has 1 atom stereocenters. The van der Waals surface area contributed by atoms with E-state index in [-0.39, 0.29) is 35.2 Å². The van der Waals surface area contributed by atoms with Gasteiger partial charge in [0.1, 0.15) is 29.2 Å².